The predicted octanol–water partition coefficient (Wildman–Crippen LogP) is 3.28. The molecule has 0 amide bonds. The zero-order chi connectivity index (χ0) is 23.5. The number of hydrogen-bond acceptors (Lipinski definition) is 7. The van der Waals surface area contributed by atoms with E-state index < -0.39 is 0 Å². The molecule has 8 nitrogen and oxygen atoms in total. The molecule has 1 fully saturated rings. The quantitative estimate of drug-likeness (QED) is 0.526. The smallest absolute Gasteiger partial charge is 0.229 e. The SMILES string of the molecule is C=C(CN1CCN(c2nc3c4c([nH]nc4n2)CCN3Cc2ccccc2)CC1)N(CC)CCC. The van der Waals surface area contributed by atoms with Crippen LogP contribution in [0.2, 0.25) is 0 Å². The Bertz CT molecular complexity index is 1120. The Morgan fingerprint density at radius 2 is 1.85 bits per heavy atom. The van der Waals surface area contributed by atoms with Gasteiger partial charge in [-0.3, -0.25) is 10.00 Å². The van der Waals surface area contributed by atoms with E-state index in [1.807, 2.05) is 0 Å². The van der Waals surface area contributed by atoms with Gasteiger partial charge >= 0.3 is 0 Å². The van der Waals surface area contributed by atoms with E-state index in [1.165, 1.54) is 11.3 Å². The fourth-order valence-electron chi connectivity index (χ4n) is 5.09. The molecule has 0 atom stereocenters. The molecule has 0 aliphatic carbocycles. The van der Waals surface area contributed by atoms with Gasteiger partial charge in [0.15, 0.2) is 5.65 Å². The van der Waals surface area contributed by atoms with E-state index in [9.17, 15) is 0 Å². The van der Waals surface area contributed by atoms with Crippen LogP contribution in [0.25, 0.3) is 11.0 Å². The van der Waals surface area contributed by atoms with E-state index in [1.54, 1.807) is 0 Å². The minimum atomic E-state index is 0.779. The summed E-state index contributed by atoms with van der Waals surface area (Å²) in [5.74, 6) is 1.80. The minimum Gasteiger partial charge on any atom is -0.375 e. The van der Waals surface area contributed by atoms with Crippen molar-refractivity contribution in [3.05, 3.63) is 53.9 Å². The largest absolute Gasteiger partial charge is 0.375 e. The van der Waals surface area contributed by atoms with E-state index in [4.69, 9.17) is 9.97 Å². The molecule has 5 rings (SSSR count). The van der Waals surface area contributed by atoms with E-state index in [2.05, 4.69) is 80.6 Å². The van der Waals surface area contributed by atoms with Crippen molar-refractivity contribution in [1.29, 1.82) is 0 Å². The van der Waals surface area contributed by atoms with Gasteiger partial charge in [0, 0.05) is 71.0 Å². The van der Waals surface area contributed by atoms with Gasteiger partial charge in [0.05, 0.1) is 11.1 Å². The summed E-state index contributed by atoms with van der Waals surface area (Å²) in [6.07, 6.45) is 2.09. The third kappa shape index (κ3) is 4.59. The van der Waals surface area contributed by atoms with Crippen LogP contribution in [0.4, 0.5) is 11.8 Å². The van der Waals surface area contributed by atoms with Gasteiger partial charge in [0.2, 0.25) is 5.95 Å². The molecule has 1 aromatic carbocycles. The highest BCUT2D eigenvalue weighted by Crippen LogP contribution is 2.33. The Hall–Kier alpha value is -3.13. The van der Waals surface area contributed by atoms with Crippen LogP contribution in [0, 0.1) is 0 Å². The molecule has 1 saturated heterocycles. The van der Waals surface area contributed by atoms with Crippen molar-refractivity contribution < 1.29 is 0 Å². The van der Waals surface area contributed by atoms with Gasteiger partial charge in [-0.05, 0) is 18.9 Å². The lowest BCUT2D eigenvalue weighted by Crippen LogP contribution is -2.48. The number of rotatable bonds is 9. The molecule has 34 heavy (non-hydrogen) atoms. The first-order chi connectivity index (χ1) is 16.7. The number of benzene rings is 1. The number of nitrogens with zero attached hydrogens (tertiary/aromatic N) is 7. The van der Waals surface area contributed by atoms with Crippen LogP contribution in [0.15, 0.2) is 42.6 Å². The van der Waals surface area contributed by atoms with Gasteiger partial charge in [0.1, 0.15) is 5.82 Å². The highest BCUT2D eigenvalue weighted by Gasteiger charge is 2.27. The van der Waals surface area contributed by atoms with Gasteiger partial charge in [-0.25, -0.2) is 0 Å². The summed E-state index contributed by atoms with van der Waals surface area (Å²) in [4.78, 5) is 19.5. The molecule has 0 spiro atoms. The summed E-state index contributed by atoms with van der Waals surface area (Å²) >= 11 is 0. The lowest BCUT2D eigenvalue weighted by atomic mass is 10.1. The number of nitrogens with one attached hydrogen (secondary N) is 1. The van der Waals surface area contributed by atoms with Gasteiger partial charge in [-0.2, -0.15) is 15.1 Å². The van der Waals surface area contributed by atoms with Gasteiger partial charge in [0.25, 0.3) is 0 Å². The molecule has 2 aliphatic heterocycles. The number of hydrogen-bond donors (Lipinski definition) is 1. The Kier molecular flexibility index (Phi) is 6.67. The predicted molar refractivity (Wildman–Crippen MR) is 138 cm³/mol. The highest BCUT2D eigenvalue weighted by atomic mass is 15.4. The fourth-order valence-corrected chi connectivity index (χ4v) is 5.09. The maximum absolute atomic E-state index is 5.09. The Morgan fingerprint density at radius 1 is 1.06 bits per heavy atom. The topological polar surface area (TPSA) is 67.4 Å². The fraction of sp³-hybridized carbons (Fsp3) is 0.500. The minimum absolute atomic E-state index is 0.779. The molecule has 3 aromatic rings. The van der Waals surface area contributed by atoms with Crippen molar-refractivity contribution in [2.75, 3.05) is 62.2 Å². The zero-order valence-corrected chi connectivity index (χ0v) is 20.5. The van der Waals surface area contributed by atoms with Crippen LogP contribution in [0.5, 0.6) is 0 Å². The standard InChI is InChI=1S/C26H36N8/c1-4-12-32(5-2)20(3)18-31-14-16-33(17-15-31)26-27-24-23-22(29-30-24)11-13-34(25(23)28-26)19-21-9-7-6-8-10-21/h6-10H,3-5,11-19H2,1-2H3,(H,27,28,29,30). The molecule has 8 heteroatoms. The monoisotopic (exact) mass is 460 g/mol. The van der Waals surface area contributed by atoms with Crippen LogP contribution in [-0.2, 0) is 13.0 Å². The number of H-pyrrole nitrogens is 1. The van der Waals surface area contributed by atoms with Crippen LogP contribution >= 0.6 is 0 Å². The van der Waals surface area contributed by atoms with Gasteiger partial charge in [-0.15, -0.1) is 0 Å². The van der Waals surface area contributed by atoms with Crippen LogP contribution < -0.4 is 9.80 Å². The van der Waals surface area contributed by atoms with Crippen molar-refractivity contribution in [3.63, 3.8) is 0 Å². The molecule has 0 bridgehead atoms. The Labute approximate surface area is 202 Å². The van der Waals surface area contributed by atoms with Gasteiger partial charge in [-0.1, -0.05) is 43.8 Å². The number of aromatic amines is 1. The second-order valence-electron chi connectivity index (χ2n) is 9.31. The third-order valence-electron chi connectivity index (χ3n) is 6.99. The van der Waals surface area contributed by atoms with E-state index >= 15 is 0 Å². The van der Waals surface area contributed by atoms with Crippen LogP contribution in [0.3, 0.4) is 0 Å². The lowest BCUT2D eigenvalue weighted by molar-refractivity contribution is 0.241. The Balaban J connectivity index is 1.30. The number of piperazine rings is 1. The summed E-state index contributed by atoms with van der Waals surface area (Å²) in [5, 5.41) is 8.82. The van der Waals surface area contributed by atoms with Crippen molar-refractivity contribution in [3.8, 4) is 0 Å². The molecular weight excluding hydrogens is 424 g/mol. The first kappa shape index (κ1) is 22.7. The van der Waals surface area contributed by atoms with Crippen molar-refractivity contribution in [2.45, 2.75) is 33.2 Å². The molecule has 0 unspecified atom stereocenters. The second-order valence-corrected chi connectivity index (χ2v) is 9.31. The summed E-state index contributed by atoms with van der Waals surface area (Å²) in [5.41, 5.74) is 4.44. The van der Waals surface area contributed by atoms with Crippen molar-refractivity contribution in [1.82, 2.24) is 30.0 Å². The molecule has 0 radical (unpaired) electrons. The van der Waals surface area contributed by atoms with Crippen LogP contribution in [0.1, 0.15) is 31.5 Å². The van der Waals surface area contributed by atoms with E-state index in [0.717, 1.165) is 100 Å². The first-order valence-corrected chi connectivity index (χ1v) is 12.6. The summed E-state index contributed by atoms with van der Waals surface area (Å²) in [6, 6.07) is 10.6. The molecular formula is C26H36N8. The van der Waals surface area contributed by atoms with E-state index in [0.29, 0.717) is 0 Å². The molecule has 0 saturated carbocycles. The van der Waals surface area contributed by atoms with Crippen molar-refractivity contribution in [2.24, 2.45) is 0 Å². The lowest BCUT2D eigenvalue weighted by Gasteiger charge is -2.37. The van der Waals surface area contributed by atoms with E-state index in [-0.39, 0.29) is 0 Å². The molecule has 2 aromatic heterocycles. The van der Waals surface area contributed by atoms with Gasteiger partial charge < -0.3 is 14.7 Å². The molecule has 2 aliphatic rings. The number of aromatic nitrogens is 4. The number of likely N-dealkylation sites (N-methyl/N-ethyl adjacent to an activating group) is 1. The zero-order valence-electron chi connectivity index (χ0n) is 20.5. The maximum atomic E-state index is 5.09. The summed E-state index contributed by atoms with van der Waals surface area (Å²) < 4.78 is 0. The average Bonchev–Trinajstić information content (AvgIpc) is 3.29. The maximum Gasteiger partial charge on any atom is 0.229 e. The second kappa shape index (κ2) is 10.0. The molecule has 1 N–H and O–H groups in total. The molecule has 180 valence electrons. The number of anilines is 2. The Morgan fingerprint density at radius 3 is 2.59 bits per heavy atom. The van der Waals surface area contributed by atoms with Crippen LogP contribution in [-0.4, -0.2) is 82.3 Å². The highest BCUT2D eigenvalue weighted by molar-refractivity contribution is 5.91. The third-order valence-corrected chi connectivity index (χ3v) is 6.99. The van der Waals surface area contributed by atoms with Crippen molar-refractivity contribution >= 4 is 22.8 Å². The summed E-state index contributed by atoms with van der Waals surface area (Å²) in [7, 11) is 0. The normalized spacial score (nSPS) is 16.3. The average molecular weight is 461 g/mol. The first-order valence-electron chi connectivity index (χ1n) is 12.6. The molecule has 4 heterocycles. The summed E-state index contributed by atoms with van der Waals surface area (Å²) in [6.45, 7) is 17.4.